The van der Waals surface area contributed by atoms with Gasteiger partial charge in [-0.3, -0.25) is 9.59 Å². The maximum Gasteiger partial charge on any atom is 0.242 e. The summed E-state index contributed by atoms with van der Waals surface area (Å²) in [5.41, 5.74) is 2.31. The zero-order chi connectivity index (χ0) is 21.3. The van der Waals surface area contributed by atoms with Crippen LogP contribution in [0.25, 0.3) is 0 Å². The smallest absolute Gasteiger partial charge is 0.242 e. The molecule has 0 aliphatic heterocycles. The van der Waals surface area contributed by atoms with Crippen molar-refractivity contribution in [3.8, 4) is 0 Å². The third-order valence-electron chi connectivity index (χ3n) is 4.30. The lowest BCUT2D eigenvalue weighted by Gasteiger charge is -2.17. The van der Waals surface area contributed by atoms with Crippen molar-refractivity contribution in [3.63, 3.8) is 0 Å². The van der Waals surface area contributed by atoms with Crippen molar-refractivity contribution in [2.75, 3.05) is 10.6 Å². The van der Waals surface area contributed by atoms with Gasteiger partial charge in [-0.05, 0) is 54.4 Å². The molecule has 0 bridgehead atoms. The number of carbonyl (C=O) groups excluding carboxylic acids is 2. The van der Waals surface area contributed by atoms with Crippen LogP contribution in [0.1, 0.15) is 30.6 Å². The number of thioether (sulfide) groups is 1. The molecule has 0 saturated heterocycles. The van der Waals surface area contributed by atoms with E-state index in [0.29, 0.717) is 17.1 Å². The first-order valence-electron chi connectivity index (χ1n) is 9.73. The van der Waals surface area contributed by atoms with E-state index in [-0.39, 0.29) is 11.8 Å². The second kappa shape index (κ2) is 10.9. The normalized spacial score (nSPS) is 11.5. The highest BCUT2D eigenvalue weighted by Gasteiger charge is 2.22. The molecule has 0 heterocycles. The van der Waals surface area contributed by atoms with Crippen LogP contribution in [0.4, 0.5) is 11.4 Å². The summed E-state index contributed by atoms with van der Waals surface area (Å²) in [4.78, 5) is 25.8. The summed E-state index contributed by atoms with van der Waals surface area (Å²) in [6.07, 6.45) is 1.30. The average Bonchev–Trinajstić information content (AvgIpc) is 2.74. The number of halogens is 1. The maximum absolute atomic E-state index is 13.1. The average molecular weight is 439 g/mol. The fourth-order valence-electron chi connectivity index (χ4n) is 2.88. The lowest BCUT2D eigenvalue weighted by atomic mass is 10.1. The summed E-state index contributed by atoms with van der Waals surface area (Å²) in [5.74, 6) is -0.130. The molecule has 0 saturated carbocycles. The standard InChI is InChI=1S/C24H23ClN2O2S/c1-2-7-22(28)26-19-12-14-21(15-13-19)30-23(17-8-4-3-5-9-17)24(29)27-20-11-6-10-18(25)16-20/h3-6,8-16,23H,2,7H2,1H3,(H,26,28)(H,27,29). The molecule has 3 rings (SSSR count). The molecule has 3 aromatic rings. The van der Waals surface area contributed by atoms with Crippen molar-refractivity contribution in [1.29, 1.82) is 0 Å². The molecule has 1 atom stereocenters. The van der Waals surface area contributed by atoms with Gasteiger partial charge >= 0.3 is 0 Å². The van der Waals surface area contributed by atoms with Gasteiger partial charge in [0.2, 0.25) is 11.8 Å². The summed E-state index contributed by atoms with van der Waals surface area (Å²) >= 11 is 7.49. The Hall–Kier alpha value is -2.76. The number of anilines is 2. The molecule has 0 aliphatic carbocycles. The van der Waals surface area contributed by atoms with Gasteiger partial charge in [-0.15, -0.1) is 11.8 Å². The second-order valence-corrected chi connectivity index (χ2v) is 8.35. The first kappa shape index (κ1) is 21.9. The van der Waals surface area contributed by atoms with E-state index in [1.807, 2.05) is 67.6 Å². The van der Waals surface area contributed by atoms with Crippen molar-refractivity contribution in [3.05, 3.63) is 89.4 Å². The van der Waals surface area contributed by atoms with E-state index in [1.54, 1.807) is 18.2 Å². The Bertz CT molecular complexity index is 994. The van der Waals surface area contributed by atoms with Crippen LogP contribution in [0.5, 0.6) is 0 Å². The molecule has 4 nitrogen and oxygen atoms in total. The van der Waals surface area contributed by atoms with Gasteiger partial charge < -0.3 is 10.6 Å². The summed E-state index contributed by atoms with van der Waals surface area (Å²) < 4.78 is 0. The highest BCUT2D eigenvalue weighted by atomic mass is 35.5. The molecule has 3 aromatic carbocycles. The minimum atomic E-state index is -0.439. The molecule has 6 heteroatoms. The zero-order valence-corrected chi connectivity index (χ0v) is 18.2. The van der Waals surface area contributed by atoms with E-state index >= 15 is 0 Å². The van der Waals surface area contributed by atoms with Crippen LogP contribution in [0.15, 0.2) is 83.8 Å². The van der Waals surface area contributed by atoms with Gasteiger partial charge in [-0.25, -0.2) is 0 Å². The van der Waals surface area contributed by atoms with Crippen LogP contribution in [0.3, 0.4) is 0 Å². The number of hydrogen-bond donors (Lipinski definition) is 2. The van der Waals surface area contributed by atoms with Gasteiger partial charge in [0.05, 0.1) is 0 Å². The van der Waals surface area contributed by atoms with Crippen LogP contribution in [0, 0.1) is 0 Å². The molecule has 0 aromatic heterocycles. The Labute approximate surface area is 186 Å². The van der Waals surface area contributed by atoms with Crippen LogP contribution in [-0.2, 0) is 9.59 Å². The van der Waals surface area contributed by atoms with Gasteiger partial charge in [0.25, 0.3) is 0 Å². The van der Waals surface area contributed by atoms with Gasteiger partial charge in [0, 0.05) is 27.7 Å². The van der Waals surface area contributed by atoms with E-state index in [0.717, 1.165) is 22.6 Å². The van der Waals surface area contributed by atoms with E-state index < -0.39 is 5.25 Å². The van der Waals surface area contributed by atoms with Gasteiger partial charge in [0.1, 0.15) is 5.25 Å². The molecular weight excluding hydrogens is 416 g/mol. The molecular formula is C24H23ClN2O2S. The van der Waals surface area contributed by atoms with E-state index in [9.17, 15) is 9.59 Å². The largest absolute Gasteiger partial charge is 0.326 e. The minimum Gasteiger partial charge on any atom is -0.326 e. The first-order valence-corrected chi connectivity index (χ1v) is 11.0. The van der Waals surface area contributed by atoms with E-state index in [4.69, 9.17) is 11.6 Å². The lowest BCUT2D eigenvalue weighted by molar-refractivity contribution is -0.116. The summed E-state index contributed by atoms with van der Waals surface area (Å²) in [7, 11) is 0. The van der Waals surface area contributed by atoms with Crippen LogP contribution < -0.4 is 10.6 Å². The van der Waals surface area contributed by atoms with Crippen molar-refractivity contribution < 1.29 is 9.59 Å². The zero-order valence-electron chi connectivity index (χ0n) is 16.6. The number of nitrogens with one attached hydrogen (secondary N) is 2. The van der Waals surface area contributed by atoms with Gasteiger partial charge in [0.15, 0.2) is 0 Å². The SMILES string of the molecule is CCCC(=O)Nc1ccc(SC(C(=O)Nc2cccc(Cl)c2)c2ccccc2)cc1. The molecule has 30 heavy (non-hydrogen) atoms. The number of rotatable bonds is 8. The second-order valence-electron chi connectivity index (χ2n) is 6.73. The molecule has 2 N–H and O–H groups in total. The van der Waals surface area contributed by atoms with Crippen LogP contribution in [-0.4, -0.2) is 11.8 Å². The molecule has 2 amide bonds. The first-order chi connectivity index (χ1) is 14.5. The minimum absolute atomic E-state index is 0.000893. The Balaban J connectivity index is 1.76. The summed E-state index contributed by atoms with van der Waals surface area (Å²) in [6, 6.07) is 24.3. The van der Waals surface area contributed by atoms with Crippen LogP contribution >= 0.6 is 23.4 Å². The van der Waals surface area contributed by atoms with Gasteiger partial charge in [-0.1, -0.05) is 54.9 Å². The number of benzene rings is 3. The van der Waals surface area contributed by atoms with Crippen molar-refractivity contribution in [1.82, 2.24) is 0 Å². The third-order valence-corrected chi connectivity index (χ3v) is 5.80. The quantitative estimate of drug-likeness (QED) is 0.392. The third kappa shape index (κ3) is 6.37. The molecule has 0 radical (unpaired) electrons. The van der Waals surface area contributed by atoms with Crippen molar-refractivity contribution in [2.45, 2.75) is 29.9 Å². The fraction of sp³-hybridized carbons (Fsp3) is 0.167. The predicted molar refractivity (Wildman–Crippen MR) is 125 cm³/mol. The predicted octanol–water partition coefficient (Wildman–Crippen LogP) is 6.55. The Morgan fingerprint density at radius 2 is 1.63 bits per heavy atom. The number of hydrogen-bond acceptors (Lipinski definition) is 3. The fourth-order valence-corrected chi connectivity index (χ4v) is 4.09. The van der Waals surface area contributed by atoms with E-state index in [2.05, 4.69) is 10.6 Å². The molecule has 1 unspecified atom stereocenters. The van der Waals surface area contributed by atoms with Crippen LogP contribution in [0.2, 0.25) is 5.02 Å². The summed E-state index contributed by atoms with van der Waals surface area (Å²) in [5, 5.41) is 5.96. The molecule has 0 spiro atoms. The topological polar surface area (TPSA) is 58.2 Å². The monoisotopic (exact) mass is 438 g/mol. The number of amides is 2. The summed E-state index contributed by atoms with van der Waals surface area (Å²) in [6.45, 7) is 1.97. The van der Waals surface area contributed by atoms with Crippen molar-refractivity contribution in [2.24, 2.45) is 0 Å². The molecule has 0 aliphatic rings. The maximum atomic E-state index is 13.1. The highest BCUT2D eigenvalue weighted by Crippen LogP contribution is 2.36. The van der Waals surface area contributed by atoms with E-state index in [1.165, 1.54) is 11.8 Å². The molecule has 0 fully saturated rings. The number of carbonyl (C=O) groups is 2. The Morgan fingerprint density at radius 3 is 2.30 bits per heavy atom. The highest BCUT2D eigenvalue weighted by molar-refractivity contribution is 8.00. The Kier molecular flexibility index (Phi) is 7.94. The lowest BCUT2D eigenvalue weighted by Crippen LogP contribution is -2.19. The Morgan fingerprint density at radius 1 is 0.900 bits per heavy atom. The molecule has 154 valence electrons. The van der Waals surface area contributed by atoms with Gasteiger partial charge in [-0.2, -0.15) is 0 Å². The van der Waals surface area contributed by atoms with Crippen molar-refractivity contribution >= 4 is 46.6 Å².